The van der Waals surface area contributed by atoms with Crippen LogP contribution in [0.5, 0.6) is 0 Å². The zero-order chi connectivity index (χ0) is 29.4. The van der Waals surface area contributed by atoms with E-state index >= 15 is 0 Å². The van der Waals surface area contributed by atoms with E-state index < -0.39 is 38.8 Å². The van der Waals surface area contributed by atoms with E-state index in [2.05, 4.69) is 71.2 Å². The van der Waals surface area contributed by atoms with Crippen molar-refractivity contribution in [2.45, 2.75) is 44.2 Å². The van der Waals surface area contributed by atoms with Crippen LogP contribution in [-0.2, 0) is 9.16 Å². The number of anilines is 1. The highest BCUT2D eigenvalue weighted by molar-refractivity contribution is 6.99. The Morgan fingerprint density at radius 1 is 1.15 bits per heavy atom. The van der Waals surface area contributed by atoms with Gasteiger partial charge in [0.2, 0.25) is 5.28 Å². The summed E-state index contributed by atoms with van der Waals surface area (Å²) in [4.78, 5) is 23.6. The molecular formula is C29H30ClN5O5Si. The summed E-state index contributed by atoms with van der Waals surface area (Å²) in [5.41, 5.74) is 0.332. The van der Waals surface area contributed by atoms with Gasteiger partial charge in [-0.1, -0.05) is 87.4 Å². The molecule has 0 bridgehead atoms. The van der Waals surface area contributed by atoms with Crippen molar-refractivity contribution in [3.05, 3.63) is 72.3 Å². The molecule has 3 heterocycles. The number of fused-ring (bicyclic) bond motifs is 1. The van der Waals surface area contributed by atoms with Gasteiger partial charge in [0.1, 0.15) is 6.10 Å². The van der Waals surface area contributed by atoms with Crippen LogP contribution in [0.25, 0.3) is 11.2 Å². The van der Waals surface area contributed by atoms with E-state index in [0.29, 0.717) is 0 Å². The summed E-state index contributed by atoms with van der Waals surface area (Å²) >= 11 is 6.08. The molecule has 0 unspecified atom stereocenters. The third-order valence-corrected chi connectivity index (χ3v) is 12.5. The third-order valence-electron chi connectivity index (χ3n) is 7.34. The van der Waals surface area contributed by atoms with E-state index in [1.807, 2.05) is 36.4 Å². The first-order valence-corrected chi connectivity index (χ1v) is 15.3. The van der Waals surface area contributed by atoms with Gasteiger partial charge >= 0.3 is 6.09 Å². The van der Waals surface area contributed by atoms with Crippen LogP contribution < -0.4 is 15.7 Å². The predicted molar refractivity (Wildman–Crippen MR) is 158 cm³/mol. The van der Waals surface area contributed by atoms with Crippen LogP contribution in [0.4, 0.5) is 10.6 Å². The highest BCUT2D eigenvalue weighted by Crippen LogP contribution is 2.40. The Bertz CT molecular complexity index is 1550. The molecule has 3 N–H and O–H groups in total. The van der Waals surface area contributed by atoms with Gasteiger partial charge in [0.05, 0.1) is 25.0 Å². The molecule has 12 heteroatoms. The molecule has 1 aliphatic heterocycles. The molecule has 1 fully saturated rings. The molecular weight excluding hydrogens is 562 g/mol. The molecule has 10 nitrogen and oxygen atoms in total. The molecule has 41 heavy (non-hydrogen) atoms. The molecule has 4 atom stereocenters. The number of aromatic nitrogens is 4. The number of rotatable bonds is 7. The lowest BCUT2D eigenvalue weighted by molar-refractivity contribution is -0.0469. The van der Waals surface area contributed by atoms with Crippen molar-refractivity contribution in [1.82, 2.24) is 19.5 Å². The summed E-state index contributed by atoms with van der Waals surface area (Å²) < 4.78 is 14.9. The number of aliphatic hydroxyl groups excluding tert-OH is 1. The average molecular weight is 592 g/mol. The Morgan fingerprint density at radius 3 is 2.29 bits per heavy atom. The summed E-state index contributed by atoms with van der Waals surface area (Å²) in [6, 6.07) is 20.4. The third kappa shape index (κ3) is 5.21. The van der Waals surface area contributed by atoms with Crippen molar-refractivity contribution in [3.63, 3.8) is 0 Å². The highest BCUT2D eigenvalue weighted by atomic mass is 35.5. The number of imidazole rings is 1. The first-order valence-electron chi connectivity index (χ1n) is 13.0. The first-order chi connectivity index (χ1) is 19.6. The largest absolute Gasteiger partial charge is 0.465 e. The fraction of sp³-hybridized carbons (Fsp3) is 0.310. The minimum Gasteiger partial charge on any atom is -0.465 e. The zero-order valence-electron chi connectivity index (χ0n) is 22.7. The number of hydrogen-bond acceptors (Lipinski definition) is 7. The number of nitrogens with zero attached hydrogens (tertiary/aromatic N) is 4. The Hall–Kier alpha value is -3.79. The van der Waals surface area contributed by atoms with Gasteiger partial charge in [-0.3, -0.25) is 9.88 Å². The second-order valence-corrected chi connectivity index (χ2v) is 15.5. The lowest BCUT2D eigenvalue weighted by Gasteiger charge is -2.43. The van der Waals surface area contributed by atoms with Gasteiger partial charge in [-0.2, -0.15) is 9.97 Å². The Kier molecular flexibility index (Phi) is 7.87. The maximum Gasteiger partial charge on any atom is 0.410 e. The van der Waals surface area contributed by atoms with Gasteiger partial charge < -0.3 is 19.4 Å². The van der Waals surface area contributed by atoms with Crippen LogP contribution in [0, 0.1) is 18.3 Å². The van der Waals surface area contributed by atoms with E-state index in [9.17, 15) is 15.0 Å². The van der Waals surface area contributed by atoms with E-state index in [-0.39, 0.29) is 33.9 Å². The maximum atomic E-state index is 11.3. The molecule has 0 spiro atoms. The number of carbonyl (C=O) groups is 1. The van der Waals surface area contributed by atoms with E-state index in [0.717, 1.165) is 10.4 Å². The number of amides is 1. The summed E-state index contributed by atoms with van der Waals surface area (Å²) in [5.74, 6) is 1.90. The summed E-state index contributed by atoms with van der Waals surface area (Å²) in [7, 11) is -2.90. The van der Waals surface area contributed by atoms with E-state index in [4.69, 9.17) is 27.2 Å². The van der Waals surface area contributed by atoms with Crippen molar-refractivity contribution in [2.24, 2.45) is 5.92 Å². The standard InChI is InChI=1S/C29H30ClN5O5Si/c1-5-20-21(16-39-41(29(2,3)4,18-12-8-6-9-13-18)19-14-10-7-11-15-19)40-26(23(20)36)35-17-31-22-24(33-28(37)38)32-27(30)34-25(22)35/h1,6-15,17,20-21,23,26,36H,16H2,2-4H3,(H,37,38)(H,32,33,34)/t20-,21+,23+,26+/m0/s1. The molecule has 5 rings (SSSR count). The van der Waals surface area contributed by atoms with Gasteiger partial charge in [0.15, 0.2) is 23.2 Å². The van der Waals surface area contributed by atoms with Crippen molar-refractivity contribution < 1.29 is 24.2 Å². The van der Waals surface area contributed by atoms with Gasteiger partial charge in [-0.05, 0) is 27.0 Å². The molecule has 212 valence electrons. The minimum absolute atomic E-state index is 0.0844. The highest BCUT2D eigenvalue weighted by Gasteiger charge is 2.52. The van der Waals surface area contributed by atoms with Crippen LogP contribution in [0.1, 0.15) is 27.0 Å². The monoisotopic (exact) mass is 591 g/mol. The smallest absolute Gasteiger partial charge is 0.410 e. The number of aliphatic hydroxyl groups is 1. The van der Waals surface area contributed by atoms with Gasteiger partial charge in [-0.15, -0.1) is 6.42 Å². The van der Waals surface area contributed by atoms with Gasteiger partial charge in [0, 0.05) is 0 Å². The van der Waals surface area contributed by atoms with Gasteiger partial charge in [-0.25, -0.2) is 9.78 Å². The van der Waals surface area contributed by atoms with E-state index in [1.165, 1.54) is 10.9 Å². The van der Waals surface area contributed by atoms with Crippen LogP contribution in [-0.4, -0.2) is 63.0 Å². The van der Waals surface area contributed by atoms with Crippen molar-refractivity contribution in [3.8, 4) is 12.3 Å². The zero-order valence-corrected chi connectivity index (χ0v) is 24.5. The Morgan fingerprint density at radius 2 is 1.76 bits per heavy atom. The predicted octanol–water partition coefficient (Wildman–Crippen LogP) is 3.65. The molecule has 0 radical (unpaired) electrons. The maximum absolute atomic E-state index is 11.3. The molecule has 1 amide bonds. The Labute approximate surface area is 243 Å². The van der Waals surface area contributed by atoms with Crippen LogP contribution in [0.2, 0.25) is 10.3 Å². The van der Waals surface area contributed by atoms with Crippen molar-refractivity contribution >= 4 is 53.4 Å². The van der Waals surface area contributed by atoms with E-state index in [1.54, 1.807) is 0 Å². The molecule has 4 aromatic rings. The fourth-order valence-corrected chi connectivity index (χ4v) is 10.3. The molecule has 1 aliphatic rings. The van der Waals surface area contributed by atoms with Crippen molar-refractivity contribution in [1.29, 1.82) is 0 Å². The molecule has 0 saturated carbocycles. The lowest BCUT2D eigenvalue weighted by atomic mass is 9.99. The number of ether oxygens (including phenoxy) is 1. The molecule has 1 saturated heterocycles. The normalized spacial score (nSPS) is 21.1. The summed E-state index contributed by atoms with van der Waals surface area (Å²) in [6.07, 6.45) is 3.20. The quantitative estimate of drug-likeness (QED) is 0.169. The number of carboxylic acid groups (broad SMARTS) is 1. The number of benzene rings is 2. The van der Waals surface area contributed by atoms with Crippen molar-refractivity contribution in [2.75, 3.05) is 11.9 Å². The second-order valence-electron chi connectivity index (χ2n) is 10.8. The van der Waals surface area contributed by atoms with Crippen LogP contribution in [0.15, 0.2) is 67.0 Å². The van der Waals surface area contributed by atoms with Crippen LogP contribution in [0.3, 0.4) is 0 Å². The summed E-state index contributed by atoms with van der Waals surface area (Å²) in [5, 5.41) is 24.4. The number of hydrogen-bond donors (Lipinski definition) is 3. The second kappa shape index (κ2) is 11.2. The fourth-order valence-electron chi connectivity index (χ4n) is 5.55. The SMILES string of the molecule is C#C[C@@H]1[C@@H](O)[C@H](n2cnc3c(NC(=O)O)nc(Cl)nc32)O[C@@H]1CO[Si](c1ccccc1)(c1ccccc1)C(C)(C)C. The molecule has 0 aliphatic carbocycles. The Balaban J connectivity index is 1.51. The summed E-state index contributed by atoms with van der Waals surface area (Å²) in [6.45, 7) is 6.66. The minimum atomic E-state index is -2.90. The molecule has 2 aromatic carbocycles. The van der Waals surface area contributed by atoms with Gasteiger partial charge in [0.25, 0.3) is 8.32 Å². The topological polar surface area (TPSA) is 132 Å². The first kappa shape index (κ1) is 28.7. The lowest BCUT2D eigenvalue weighted by Crippen LogP contribution is -2.67. The molecule has 2 aromatic heterocycles. The number of terminal acetylenes is 1. The number of halogens is 1. The average Bonchev–Trinajstić information content (AvgIpc) is 3.49. The van der Waals surface area contributed by atoms with Crippen LogP contribution >= 0.6 is 11.6 Å². The number of nitrogens with one attached hydrogen (secondary N) is 1.